The molecule has 11 heavy (non-hydrogen) atoms. The van der Waals surface area contributed by atoms with Gasteiger partial charge in [0.1, 0.15) is 0 Å². The summed E-state index contributed by atoms with van der Waals surface area (Å²) in [5.41, 5.74) is 0. The predicted octanol–water partition coefficient (Wildman–Crippen LogP) is 5.16. The zero-order valence-corrected chi connectivity index (χ0v) is 14.1. The molecule has 72 valence electrons. The van der Waals surface area contributed by atoms with Gasteiger partial charge in [-0.2, -0.15) is 3.71 Å². The maximum Gasteiger partial charge on any atom is 0.0197 e. The van der Waals surface area contributed by atoms with Crippen molar-refractivity contribution in [3.8, 4) is 0 Å². The molecular weight excluding hydrogens is 446 g/mol. The lowest BCUT2D eigenvalue weighted by Crippen LogP contribution is -2.08. The van der Waals surface area contributed by atoms with Gasteiger partial charge in [0.15, 0.2) is 0 Å². The molecule has 0 aromatic rings. The minimum absolute atomic E-state index is 0.322. The molecule has 0 bridgehead atoms. The molecule has 0 saturated carbocycles. The Morgan fingerprint density at radius 1 is 1.09 bits per heavy atom. The highest BCUT2D eigenvalue weighted by Crippen LogP contribution is 2.60. The fourth-order valence-electron chi connectivity index (χ4n) is 0.502. The van der Waals surface area contributed by atoms with Crippen LogP contribution in [0.25, 0.3) is 0 Å². The van der Waals surface area contributed by atoms with Crippen molar-refractivity contribution in [2.24, 2.45) is 0 Å². The number of halogens is 4. The molecule has 0 aromatic carbocycles. The van der Waals surface area contributed by atoms with E-state index in [2.05, 4.69) is 69.9 Å². The molecule has 0 aliphatic rings. The molecule has 0 aromatic heterocycles. The van der Waals surface area contributed by atoms with E-state index in [9.17, 15) is 0 Å². The Hall–Kier alpha value is 2.58. The van der Waals surface area contributed by atoms with E-state index < -0.39 is 0 Å². The molecule has 0 atom stereocenters. The van der Waals surface area contributed by atoms with Crippen LogP contribution in [0.4, 0.5) is 0 Å². The maximum absolute atomic E-state index is 3.54. The Morgan fingerprint density at radius 3 is 1.82 bits per heavy atom. The van der Waals surface area contributed by atoms with Crippen LogP contribution in [-0.2, 0) is 0 Å². The molecule has 0 unspecified atom stereocenters. The fourth-order valence-corrected chi connectivity index (χ4v) is 15.4. The third-order valence-corrected chi connectivity index (χ3v) is 10.8. The minimum atomic E-state index is -0.322. The van der Waals surface area contributed by atoms with E-state index in [4.69, 9.17) is 0 Å². The van der Waals surface area contributed by atoms with Crippen LogP contribution in [0.15, 0.2) is 0 Å². The summed E-state index contributed by atoms with van der Waals surface area (Å²) < 4.78 is 2.34. The summed E-state index contributed by atoms with van der Waals surface area (Å²) in [4.78, 5) is 0. The second-order valence-electron chi connectivity index (χ2n) is 1.88. The first-order chi connectivity index (χ1) is 5.09. The van der Waals surface area contributed by atoms with Gasteiger partial charge in [0.25, 0.3) is 0 Å². The molecule has 7 heteroatoms. The van der Waals surface area contributed by atoms with Crippen molar-refractivity contribution in [1.82, 2.24) is 3.71 Å². The van der Waals surface area contributed by atoms with Gasteiger partial charge < -0.3 is 0 Å². The molecule has 0 radical (unpaired) electrons. The normalized spacial score (nSPS) is 13.6. The molecule has 0 aliphatic heterocycles. The minimum Gasteiger partial charge on any atom is -0.199 e. The van der Waals surface area contributed by atoms with Crippen molar-refractivity contribution in [2.45, 2.75) is 19.8 Å². The van der Waals surface area contributed by atoms with Crippen LogP contribution in [0.1, 0.15) is 19.8 Å². The van der Waals surface area contributed by atoms with Gasteiger partial charge in [0, 0.05) is 6.54 Å². The number of hydrogen-bond acceptors (Lipinski definition) is 1. The van der Waals surface area contributed by atoms with Crippen molar-refractivity contribution < 1.29 is 0 Å². The average Bonchev–Trinajstić information content (AvgIpc) is 1.87. The highest BCUT2D eigenvalue weighted by molar-refractivity contribution is 9.90. The van der Waals surface area contributed by atoms with Crippen LogP contribution < -0.4 is 0 Å². The maximum atomic E-state index is 3.54. The van der Waals surface area contributed by atoms with Crippen molar-refractivity contribution >= 4 is 75.1 Å². The number of unbranched alkanes of at least 4 members (excludes halogenated alkanes) is 1. The molecule has 0 fully saturated rings. The number of rotatable bonds is 5. The summed E-state index contributed by atoms with van der Waals surface area (Å²) in [7, 11) is -0.643. The van der Waals surface area contributed by atoms with E-state index in [0.717, 1.165) is 6.54 Å². The molecule has 0 heterocycles. The summed E-state index contributed by atoms with van der Waals surface area (Å²) in [6.45, 7) is 3.33. The highest BCUT2D eigenvalue weighted by Gasteiger charge is 2.12. The van der Waals surface area contributed by atoms with Crippen molar-refractivity contribution in [2.75, 3.05) is 6.54 Å². The fraction of sp³-hybridized carbons (Fsp3) is 1.00. The van der Waals surface area contributed by atoms with Crippen molar-refractivity contribution in [3.63, 3.8) is 0 Å². The molecule has 0 rings (SSSR count). The number of thiol groups is 2. The highest BCUT2D eigenvalue weighted by atomic mass is 79.9. The lowest BCUT2D eigenvalue weighted by atomic mass is 10.3. The van der Waals surface area contributed by atoms with Gasteiger partial charge in [0.05, 0.1) is 0 Å². The summed E-state index contributed by atoms with van der Waals surface area (Å²) in [6.07, 6.45) is 2.48. The molecule has 1 nitrogen and oxygen atoms in total. The first-order valence-corrected chi connectivity index (χ1v) is 13.8. The molecule has 0 spiro atoms. The Bertz CT molecular complexity index is 94.1. The summed E-state index contributed by atoms with van der Waals surface area (Å²) in [5, 5.41) is 0. The molecule has 0 saturated heterocycles. The van der Waals surface area contributed by atoms with Gasteiger partial charge in [-0.3, -0.25) is 0 Å². The second-order valence-corrected chi connectivity index (χ2v) is 17.8. The van der Waals surface area contributed by atoms with Gasteiger partial charge in [-0.25, -0.2) is 0 Å². The Balaban J connectivity index is 3.70. The first-order valence-electron chi connectivity index (χ1n) is 3.10. The number of hydrogen-bond donors (Lipinski definition) is 2. The molecule has 0 aliphatic carbocycles. The van der Waals surface area contributed by atoms with E-state index in [0.29, 0.717) is 0 Å². The first kappa shape index (κ1) is 13.6. The van der Waals surface area contributed by atoms with E-state index in [1.165, 1.54) is 12.8 Å². The summed E-state index contributed by atoms with van der Waals surface area (Å²) >= 11 is 14.1. The van der Waals surface area contributed by atoms with E-state index in [1.54, 1.807) is 0 Å². The van der Waals surface area contributed by atoms with Crippen LogP contribution in [0.2, 0.25) is 0 Å². The third kappa shape index (κ3) is 6.62. The monoisotopic (exact) mass is 453 g/mol. The summed E-state index contributed by atoms with van der Waals surface area (Å²) in [6, 6.07) is 0. The lowest BCUT2D eigenvalue weighted by molar-refractivity contribution is 0.667. The second kappa shape index (κ2) is 7.94. The Labute approximate surface area is 104 Å². The van der Waals surface area contributed by atoms with Gasteiger partial charge in [0.2, 0.25) is 0 Å². The van der Waals surface area contributed by atoms with Gasteiger partial charge in [-0.1, -0.05) is 29.2 Å². The topological polar surface area (TPSA) is 3.24 Å². The smallest absolute Gasteiger partial charge is 0.0197 e. The van der Waals surface area contributed by atoms with Crippen LogP contribution in [-0.4, -0.2) is 10.3 Å². The molecule has 0 amide bonds. The quantitative estimate of drug-likeness (QED) is 0.540. The van der Waals surface area contributed by atoms with Gasteiger partial charge >= 0.3 is 0 Å². The van der Waals surface area contributed by atoms with Crippen molar-refractivity contribution in [3.05, 3.63) is 0 Å². The number of nitrogens with zero attached hydrogens (tertiary/aromatic N) is 1. The Kier molecular flexibility index (Phi) is 9.80. The largest absolute Gasteiger partial charge is 0.199 e. The van der Waals surface area contributed by atoms with Crippen molar-refractivity contribution in [1.29, 1.82) is 0 Å². The third-order valence-electron chi connectivity index (χ3n) is 1.06. The lowest BCUT2D eigenvalue weighted by Gasteiger charge is -2.28. The Morgan fingerprint density at radius 2 is 1.55 bits per heavy atom. The van der Waals surface area contributed by atoms with Gasteiger partial charge in [-0.15, -0.1) is 0 Å². The average molecular weight is 457 g/mol. The van der Waals surface area contributed by atoms with Crippen LogP contribution >= 0.6 is 75.1 Å². The van der Waals surface area contributed by atoms with E-state index in [-0.39, 0.29) is 15.9 Å². The van der Waals surface area contributed by atoms with Crippen LogP contribution in [0, 0.1) is 0 Å². The summed E-state index contributed by atoms with van der Waals surface area (Å²) in [5.74, 6) is 0. The predicted molar refractivity (Wildman–Crippen MR) is 75.3 cm³/mol. The molecular formula is C4H11Br4NS2. The van der Waals surface area contributed by atoms with Crippen LogP contribution in [0.5, 0.6) is 0 Å². The molecule has 0 N–H and O–H groups in total. The van der Waals surface area contributed by atoms with Crippen LogP contribution in [0.3, 0.4) is 0 Å². The van der Waals surface area contributed by atoms with E-state index >= 15 is 0 Å². The van der Waals surface area contributed by atoms with E-state index in [1.807, 2.05) is 0 Å². The SMILES string of the molecule is CCCCN([SH](Br)Br)[SH](Br)Br. The zero-order valence-electron chi connectivity index (χ0n) is 5.97. The zero-order chi connectivity index (χ0) is 8.85. The standard InChI is InChI=1S/C4H11Br4NS2/c1-2-3-4-9(10(5)6)11(7)8/h10-11H,2-4H2,1H3. The van der Waals surface area contributed by atoms with Gasteiger partial charge in [-0.05, 0) is 65.7 Å².